The quantitative estimate of drug-likeness (QED) is 0.238. The van der Waals surface area contributed by atoms with E-state index >= 15 is 0 Å². The summed E-state index contributed by atoms with van der Waals surface area (Å²) in [6.45, 7) is 6.23. The molecule has 4 rings (SSSR count). The Morgan fingerprint density at radius 2 is 1.82 bits per heavy atom. The van der Waals surface area contributed by atoms with Crippen molar-refractivity contribution in [3.05, 3.63) is 92.7 Å². The van der Waals surface area contributed by atoms with Gasteiger partial charge in [0.15, 0.2) is 5.16 Å². The maximum Gasteiger partial charge on any atom is 0.266 e. The molecule has 1 amide bonds. The number of benzene rings is 3. The third kappa shape index (κ3) is 5.20. The van der Waals surface area contributed by atoms with Gasteiger partial charge < -0.3 is 5.32 Å². The molecule has 0 unspecified atom stereocenters. The second kappa shape index (κ2) is 9.93. The highest BCUT2D eigenvalue weighted by Crippen LogP contribution is 2.24. The predicted molar refractivity (Wildman–Crippen MR) is 140 cm³/mol. The standard InChI is InChI=1S/C26H24BrN3O2S/c1-16(2)18-8-11-20(12-9-18)30-25(32)21-6-4-5-7-23(21)29-26(30)33-15-24(31)28-19-10-13-22(27)17(3)14-19/h4-14,16H,15H2,1-3H3,(H,28,31). The molecule has 0 aliphatic heterocycles. The van der Waals surface area contributed by atoms with Gasteiger partial charge in [-0.2, -0.15) is 0 Å². The molecule has 0 saturated carbocycles. The van der Waals surface area contributed by atoms with E-state index in [1.165, 1.54) is 17.3 Å². The van der Waals surface area contributed by atoms with E-state index in [4.69, 9.17) is 4.98 Å². The largest absolute Gasteiger partial charge is 0.325 e. The molecule has 168 valence electrons. The van der Waals surface area contributed by atoms with Gasteiger partial charge in [-0.25, -0.2) is 4.98 Å². The number of fused-ring (bicyclic) bond motifs is 1. The number of thioether (sulfide) groups is 1. The van der Waals surface area contributed by atoms with Crippen LogP contribution in [0.5, 0.6) is 0 Å². The summed E-state index contributed by atoms with van der Waals surface area (Å²) in [6.07, 6.45) is 0. The van der Waals surface area contributed by atoms with Crippen LogP contribution in [0, 0.1) is 6.92 Å². The van der Waals surface area contributed by atoms with Crippen LogP contribution in [0.2, 0.25) is 0 Å². The zero-order valence-corrected chi connectivity index (χ0v) is 21.0. The summed E-state index contributed by atoms with van der Waals surface area (Å²) in [5.41, 5.74) is 4.16. The summed E-state index contributed by atoms with van der Waals surface area (Å²) in [6, 6.07) is 20.9. The zero-order chi connectivity index (χ0) is 23.5. The second-order valence-corrected chi connectivity index (χ2v) is 9.90. The van der Waals surface area contributed by atoms with Crippen molar-refractivity contribution >= 4 is 50.2 Å². The molecule has 0 radical (unpaired) electrons. The van der Waals surface area contributed by atoms with Crippen LogP contribution in [0.1, 0.15) is 30.9 Å². The van der Waals surface area contributed by atoms with Crippen LogP contribution < -0.4 is 10.9 Å². The van der Waals surface area contributed by atoms with Gasteiger partial charge in [-0.3, -0.25) is 14.2 Å². The van der Waals surface area contributed by atoms with Crippen LogP contribution >= 0.6 is 27.7 Å². The molecule has 7 heteroatoms. The van der Waals surface area contributed by atoms with Crippen molar-refractivity contribution in [1.29, 1.82) is 0 Å². The molecule has 4 aromatic rings. The van der Waals surface area contributed by atoms with Gasteiger partial charge in [-0.15, -0.1) is 0 Å². The summed E-state index contributed by atoms with van der Waals surface area (Å²) < 4.78 is 2.58. The Bertz CT molecular complexity index is 1380. The molecule has 0 aliphatic rings. The van der Waals surface area contributed by atoms with Crippen molar-refractivity contribution in [2.24, 2.45) is 0 Å². The number of anilines is 1. The van der Waals surface area contributed by atoms with E-state index in [1.54, 1.807) is 10.6 Å². The Kier molecular flexibility index (Phi) is 7.00. The fourth-order valence-corrected chi connectivity index (χ4v) is 4.55. The normalized spacial score (nSPS) is 11.2. The molecule has 0 fully saturated rings. The van der Waals surface area contributed by atoms with E-state index in [2.05, 4.69) is 35.1 Å². The summed E-state index contributed by atoms with van der Waals surface area (Å²) in [7, 11) is 0. The van der Waals surface area contributed by atoms with Gasteiger partial charge in [0.25, 0.3) is 5.56 Å². The van der Waals surface area contributed by atoms with Crippen LogP contribution in [-0.4, -0.2) is 21.2 Å². The minimum absolute atomic E-state index is 0.129. The van der Waals surface area contributed by atoms with E-state index in [0.29, 0.717) is 22.0 Å². The third-order valence-electron chi connectivity index (χ3n) is 5.34. The topological polar surface area (TPSA) is 64.0 Å². The van der Waals surface area contributed by atoms with Gasteiger partial charge in [0.2, 0.25) is 5.91 Å². The molecule has 0 saturated heterocycles. The molecule has 1 aromatic heterocycles. The van der Waals surface area contributed by atoms with Crippen LogP contribution in [0.3, 0.4) is 0 Å². The predicted octanol–water partition coefficient (Wildman–Crippen LogP) is 6.31. The summed E-state index contributed by atoms with van der Waals surface area (Å²) in [5.74, 6) is 0.361. The average Bonchev–Trinajstić information content (AvgIpc) is 2.80. The van der Waals surface area contributed by atoms with E-state index in [9.17, 15) is 9.59 Å². The van der Waals surface area contributed by atoms with Crippen molar-refractivity contribution in [3.63, 3.8) is 0 Å². The number of rotatable bonds is 6. The van der Waals surface area contributed by atoms with Gasteiger partial charge >= 0.3 is 0 Å². The number of aryl methyl sites for hydroxylation is 1. The molecule has 33 heavy (non-hydrogen) atoms. The summed E-state index contributed by atoms with van der Waals surface area (Å²) in [4.78, 5) is 30.7. The minimum atomic E-state index is -0.161. The molecule has 0 aliphatic carbocycles. The molecular weight excluding hydrogens is 498 g/mol. The van der Waals surface area contributed by atoms with Gasteiger partial charge in [-0.05, 0) is 66.4 Å². The molecule has 5 nitrogen and oxygen atoms in total. The molecule has 0 spiro atoms. The van der Waals surface area contributed by atoms with E-state index in [1.807, 2.05) is 67.6 Å². The van der Waals surface area contributed by atoms with Gasteiger partial charge in [0, 0.05) is 10.2 Å². The lowest BCUT2D eigenvalue weighted by Gasteiger charge is -2.14. The smallest absolute Gasteiger partial charge is 0.266 e. The second-order valence-electron chi connectivity index (χ2n) is 8.10. The highest BCUT2D eigenvalue weighted by Gasteiger charge is 2.15. The SMILES string of the molecule is Cc1cc(NC(=O)CSc2nc3ccccc3c(=O)n2-c2ccc(C(C)C)cc2)ccc1Br. The Hall–Kier alpha value is -2.90. The van der Waals surface area contributed by atoms with Gasteiger partial charge in [-0.1, -0.05) is 65.8 Å². The van der Waals surface area contributed by atoms with E-state index in [-0.39, 0.29) is 17.2 Å². The van der Waals surface area contributed by atoms with Crippen LogP contribution in [0.25, 0.3) is 16.6 Å². The van der Waals surface area contributed by atoms with Crippen molar-refractivity contribution in [2.75, 3.05) is 11.1 Å². The maximum absolute atomic E-state index is 13.4. The highest BCUT2D eigenvalue weighted by atomic mass is 79.9. The Labute approximate surface area is 205 Å². The van der Waals surface area contributed by atoms with Crippen molar-refractivity contribution in [1.82, 2.24) is 9.55 Å². The minimum Gasteiger partial charge on any atom is -0.325 e. The molecule has 3 aromatic carbocycles. The number of halogens is 1. The lowest BCUT2D eigenvalue weighted by Crippen LogP contribution is -2.23. The maximum atomic E-state index is 13.4. The number of carbonyl (C=O) groups is 1. The fraction of sp³-hybridized carbons (Fsp3) is 0.192. The number of para-hydroxylation sites is 1. The number of hydrogen-bond donors (Lipinski definition) is 1. The molecule has 0 bridgehead atoms. The number of carbonyl (C=O) groups excluding carboxylic acids is 1. The monoisotopic (exact) mass is 521 g/mol. The molecular formula is C26H24BrN3O2S. The van der Waals surface area contributed by atoms with E-state index in [0.717, 1.165) is 21.4 Å². The van der Waals surface area contributed by atoms with Crippen molar-refractivity contribution < 1.29 is 4.79 Å². The number of nitrogens with one attached hydrogen (secondary N) is 1. The first-order chi connectivity index (χ1) is 15.8. The number of nitrogens with zero attached hydrogens (tertiary/aromatic N) is 2. The van der Waals surface area contributed by atoms with Crippen LogP contribution in [0.15, 0.2) is 81.2 Å². The lowest BCUT2D eigenvalue weighted by molar-refractivity contribution is -0.113. The van der Waals surface area contributed by atoms with Gasteiger partial charge in [0.05, 0.1) is 22.3 Å². The molecule has 0 atom stereocenters. The third-order valence-corrected chi connectivity index (χ3v) is 7.17. The molecule has 1 N–H and O–H groups in total. The first-order valence-corrected chi connectivity index (χ1v) is 12.4. The summed E-state index contributed by atoms with van der Waals surface area (Å²) >= 11 is 4.71. The van der Waals surface area contributed by atoms with Crippen LogP contribution in [-0.2, 0) is 4.79 Å². The number of hydrogen-bond acceptors (Lipinski definition) is 4. The average molecular weight is 522 g/mol. The Morgan fingerprint density at radius 1 is 1.09 bits per heavy atom. The first kappa shape index (κ1) is 23.3. The van der Waals surface area contributed by atoms with E-state index < -0.39 is 0 Å². The van der Waals surface area contributed by atoms with Crippen molar-refractivity contribution in [3.8, 4) is 5.69 Å². The Morgan fingerprint density at radius 3 is 2.52 bits per heavy atom. The fourth-order valence-electron chi connectivity index (χ4n) is 3.49. The van der Waals surface area contributed by atoms with Crippen molar-refractivity contribution in [2.45, 2.75) is 31.8 Å². The van der Waals surface area contributed by atoms with Gasteiger partial charge in [0.1, 0.15) is 0 Å². The lowest BCUT2D eigenvalue weighted by atomic mass is 10.0. The first-order valence-electron chi connectivity index (χ1n) is 10.6. The van der Waals surface area contributed by atoms with Crippen LogP contribution in [0.4, 0.5) is 5.69 Å². The Balaban J connectivity index is 1.65. The summed E-state index contributed by atoms with van der Waals surface area (Å²) in [5, 5.41) is 3.95. The number of aromatic nitrogens is 2. The zero-order valence-electron chi connectivity index (χ0n) is 18.6. The highest BCUT2D eigenvalue weighted by molar-refractivity contribution is 9.10. The molecule has 1 heterocycles. The number of amides is 1.